The number of ether oxygens (including phenoxy) is 4. The van der Waals surface area contributed by atoms with E-state index in [2.05, 4.69) is 10.5 Å². The minimum absolute atomic E-state index is 0.267. The van der Waals surface area contributed by atoms with Crippen LogP contribution in [0.15, 0.2) is 84.0 Å². The van der Waals surface area contributed by atoms with E-state index in [9.17, 15) is 9.59 Å². The summed E-state index contributed by atoms with van der Waals surface area (Å²) in [5, 5.41) is 6.14. The Hall–Kier alpha value is -4.56. The van der Waals surface area contributed by atoms with Crippen molar-refractivity contribution in [3.8, 4) is 23.0 Å². The van der Waals surface area contributed by atoms with Gasteiger partial charge in [0.25, 0.3) is 5.91 Å². The van der Waals surface area contributed by atoms with Crippen LogP contribution in [0.1, 0.15) is 15.9 Å². The zero-order valence-electron chi connectivity index (χ0n) is 20.1. The molecule has 0 aliphatic carbocycles. The van der Waals surface area contributed by atoms with Gasteiger partial charge in [-0.2, -0.15) is 5.10 Å². The van der Waals surface area contributed by atoms with E-state index in [1.807, 2.05) is 30.3 Å². The molecule has 0 aromatic heterocycles. The van der Waals surface area contributed by atoms with Crippen LogP contribution in [0.3, 0.4) is 0 Å². The van der Waals surface area contributed by atoms with Gasteiger partial charge < -0.3 is 18.9 Å². The lowest BCUT2D eigenvalue weighted by molar-refractivity contribution is -0.123. The van der Waals surface area contributed by atoms with Crippen LogP contribution in [0.4, 0.5) is 0 Å². The zero-order chi connectivity index (χ0) is 26.2. The van der Waals surface area contributed by atoms with Crippen LogP contribution < -0.4 is 24.4 Å². The van der Waals surface area contributed by atoms with Crippen molar-refractivity contribution in [2.24, 2.45) is 5.10 Å². The first-order valence-corrected chi connectivity index (χ1v) is 11.5. The van der Waals surface area contributed by atoms with Gasteiger partial charge in [0.05, 0.1) is 31.0 Å². The van der Waals surface area contributed by atoms with E-state index in [1.54, 1.807) is 42.5 Å². The van der Waals surface area contributed by atoms with Gasteiger partial charge >= 0.3 is 5.97 Å². The first-order valence-electron chi connectivity index (χ1n) is 11.2. The molecule has 37 heavy (non-hydrogen) atoms. The fourth-order valence-corrected chi connectivity index (χ4v) is 3.72. The molecule has 9 heteroatoms. The summed E-state index contributed by atoms with van der Waals surface area (Å²) in [7, 11) is 3.00. The molecule has 188 valence electrons. The lowest BCUT2D eigenvalue weighted by Gasteiger charge is -2.12. The van der Waals surface area contributed by atoms with Crippen molar-refractivity contribution in [3.05, 3.63) is 95.0 Å². The van der Waals surface area contributed by atoms with E-state index in [4.69, 9.17) is 30.5 Å². The highest BCUT2D eigenvalue weighted by Crippen LogP contribution is 2.30. The summed E-state index contributed by atoms with van der Waals surface area (Å²) in [6, 6.07) is 22.6. The van der Waals surface area contributed by atoms with Gasteiger partial charge in [-0.05, 0) is 47.2 Å². The third-order valence-corrected chi connectivity index (χ3v) is 5.64. The third-order valence-electron chi connectivity index (χ3n) is 5.33. The fourth-order valence-electron chi connectivity index (χ4n) is 3.53. The number of hydrogen-bond acceptors (Lipinski definition) is 7. The molecule has 0 saturated heterocycles. The number of nitrogens with one attached hydrogen (secondary N) is 1. The number of carbonyl (C=O) groups is 2. The summed E-state index contributed by atoms with van der Waals surface area (Å²) < 4.78 is 21.6. The van der Waals surface area contributed by atoms with E-state index < -0.39 is 11.9 Å². The van der Waals surface area contributed by atoms with Crippen LogP contribution in [-0.4, -0.2) is 38.9 Å². The lowest BCUT2D eigenvalue weighted by Crippen LogP contribution is -2.24. The minimum Gasteiger partial charge on any atom is -0.493 e. The maximum Gasteiger partial charge on any atom is 0.343 e. The number of amides is 1. The fraction of sp³-hybridized carbons (Fsp3) is 0.107. The van der Waals surface area contributed by atoms with E-state index in [0.29, 0.717) is 27.8 Å². The van der Waals surface area contributed by atoms with E-state index >= 15 is 0 Å². The van der Waals surface area contributed by atoms with Gasteiger partial charge in [-0.25, -0.2) is 10.2 Å². The molecule has 0 aliphatic rings. The number of fused-ring (bicyclic) bond motifs is 1. The van der Waals surface area contributed by atoms with Crippen LogP contribution in [0.2, 0.25) is 5.02 Å². The highest BCUT2D eigenvalue weighted by molar-refractivity contribution is 6.32. The Kier molecular flexibility index (Phi) is 8.22. The summed E-state index contributed by atoms with van der Waals surface area (Å²) in [5.74, 6) is 0.472. The molecule has 0 spiro atoms. The molecule has 8 nitrogen and oxygen atoms in total. The molecule has 4 aromatic carbocycles. The zero-order valence-corrected chi connectivity index (χ0v) is 20.8. The molecule has 0 atom stereocenters. The summed E-state index contributed by atoms with van der Waals surface area (Å²) in [4.78, 5) is 25.2. The SMILES string of the molecule is COc1ccc(C(=O)Oc2ccc3ccccc3c2/C=N\NC(=O)COc2ccccc2Cl)cc1OC. The number of rotatable bonds is 9. The van der Waals surface area contributed by atoms with Crippen molar-refractivity contribution in [1.29, 1.82) is 0 Å². The molecule has 0 radical (unpaired) electrons. The second-order valence-corrected chi connectivity index (χ2v) is 8.08. The van der Waals surface area contributed by atoms with Gasteiger partial charge in [-0.15, -0.1) is 0 Å². The van der Waals surface area contributed by atoms with Gasteiger partial charge in [0.1, 0.15) is 11.5 Å². The van der Waals surface area contributed by atoms with E-state index in [1.165, 1.54) is 26.5 Å². The van der Waals surface area contributed by atoms with Crippen molar-refractivity contribution in [3.63, 3.8) is 0 Å². The van der Waals surface area contributed by atoms with Gasteiger partial charge in [0.15, 0.2) is 18.1 Å². The van der Waals surface area contributed by atoms with Gasteiger partial charge in [-0.3, -0.25) is 4.79 Å². The number of carbonyl (C=O) groups excluding carboxylic acids is 2. The molecule has 4 aromatic rings. The average Bonchev–Trinajstić information content (AvgIpc) is 2.93. The predicted octanol–water partition coefficient (Wildman–Crippen LogP) is 5.26. The van der Waals surface area contributed by atoms with Crippen molar-refractivity contribution in [2.75, 3.05) is 20.8 Å². The van der Waals surface area contributed by atoms with Gasteiger partial charge in [-0.1, -0.05) is 54.1 Å². The highest BCUT2D eigenvalue weighted by Gasteiger charge is 2.16. The summed E-state index contributed by atoms with van der Waals surface area (Å²) in [6.07, 6.45) is 1.42. The second kappa shape index (κ2) is 11.9. The standard InChI is InChI=1S/C28H23ClN2O6/c1-34-25-14-12-19(15-26(25)35-2)28(33)37-23-13-11-18-7-3-4-8-20(18)21(23)16-30-31-27(32)17-36-24-10-6-5-9-22(24)29/h3-16H,17H2,1-2H3,(H,31,32)/b30-16-. The third kappa shape index (κ3) is 6.17. The Balaban J connectivity index is 1.53. The number of nitrogens with zero attached hydrogens (tertiary/aromatic N) is 1. The Morgan fingerprint density at radius 2 is 1.59 bits per heavy atom. The number of esters is 1. The normalized spacial score (nSPS) is 10.8. The van der Waals surface area contributed by atoms with Crippen molar-refractivity contribution in [1.82, 2.24) is 5.43 Å². The molecule has 0 bridgehead atoms. The predicted molar refractivity (Wildman–Crippen MR) is 141 cm³/mol. The van der Waals surface area contributed by atoms with Crippen LogP contribution >= 0.6 is 11.6 Å². The molecule has 1 amide bonds. The average molecular weight is 519 g/mol. The first-order chi connectivity index (χ1) is 18.0. The maximum atomic E-state index is 12.9. The molecule has 0 unspecified atom stereocenters. The lowest BCUT2D eigenvalue weighted by atomic mass is 10.0. The number of para-hydroxylation sites is 1. The largest absolute Gasteiger partial charge is 0.493 e. The monoisotopic (exact) mass is 518 g/mol. The second-order valence-electron chi connectivity index (χ2n) is 7.67. The highest BCUT2D eigenvalue weighted by atomic mass is 35.5. The number of hydrazone groups is 1. The molecule has 0 heterocycles. The Morgan fingerprint density at radius 3 is 2.38 bits per heavy atom. The van der Waals surface area contributed by atoms with Gasteiger partial charge in [0.2, 0.25) is 0 Å². The minimum atomic E-state index is -0.594. The Morgan fingerprint density at radius 1 is 0.865 bits per heavy atom. The topological polar surface area (TPSA) is 95.5 Å². The molecule has 0 saturated carbocycles. The number of hydrogen-bond donors (Lipinski definition) is 1. The van der Waals surface area contributed by atoms with Crippen LogP contribution in [0.5, 0.6) is 23.0 Å². The molecule has 4 rings (SSSR count). The Labute approximate surface area is 218 Å². The summed E-state index contributed by atoms with van der Waals surface area (Å²) >= 11 is 6.04. The van der Waals surface area contributed by atoms with Gasteiger partial charge in [0, 0.05) is 5.56 Å². The number of benzene rings is 4. The van der Waals surface area contributed by atoms with E-state index in [-0.39, 0.29) is 17.9 Å². The van der Waals surface area contributed by atoms with Crippen molar-refractivity contribution < 1.29 is 28.5 Å². The van der Waals surface area contributed by atoms with E-state index in [0.717, 1.165) is 10.8 Å². The van der Waals surface area contributed by atoms with Crippen LogP contribution in [0.25, 0.3) is 10.8 Å². The first kappa shape index (κ1) is 25.5. The molecular weight excluding hydrogens is 496 g/mol. The number of halogens is 1. The molecule has 0 fully saturated rings. The van der Waals surface area contributed by atoms with Crippen molar-refractivity contribution in [2.45, 2.75) is 0 Å². The summed E-state index contributed by atoms with van der Waals surface area (Å²) in [6.45, 7) is -0.280. The van der Waals surface area contributed by atoms with Crippen LogP contribution in [-0.2, 0) is 4.79 Å². The smallest absolute Gasteiger partial charge is 0.343 e. The van der Waals surface area contributed by atoms with Crippen molar-refractivity contribution >= 4 is 40.5 Å². The molecule has 1 N–H and O–H groups in total. The van der Waals surface area contributed by atoms with Crippen LogP contribution in [0, 0.1) is 0 Å². The maximum absolute atomic E-state index is 12.9. The molecular formula is C28H23ClN2O6. The Bertz CT molecular complexity index is 1470. The molecule has 0 aliphatic heterocycles. The quantitative estimate of drug-likeness (QED) is 0.140. The number of methoxy groups -OCH3 is 2. The summed E-state index contributed by atoms with van der Waals surface area (Å²) in [5.41, 5.74) is 3.21.